The molecule has 4 bridgehead atoms. The van der Waals surface area contributed by atoms with Crippen molar-refractivity contribution in [2.24, 2.45) is 52.7 Å². The minimum absolute atomic E-state index is 0. The lowest BCUT2D eigenvalue weighted by Crippen LogP contribution is -3.00. The number of amides is 4. The molecular formula is C73H112Cl3N7O17. The fraction of sp³-hybridized carbons (Fsp3) is 0.534. The molecule has 12 atom stereocenters. The Bertz CT molecular complexity index is 3210. The molecule has 4 amide bonds. The molecule has 0 unspecified atom stereocenters. The van der Waals surface area contributed by atoms with E-state index in [1.165, 1.54) is 26.4 Å². The zero-order valence-electron chi connectivity index (χ0n) is 60.9. The van der Waals surface area contributed by atoms with Gasteiger partial charge in [-0.05, 0) is 107 Å². The number of methoxy groups -OCH3 is 2. The molecule has 0 saturated heterocycles. The summed E-state index contributed by atoms with van der Waals surface area (Å²) >= 11 is 5.22. The van der Waals surface area contributed by atoms with Gasteiger partial charge in [-0.3, -0.25) is 24.0 Å². The van der Waals surface area contributed by atoms with Crippen LogP contribution in [0.5, 0.6) is 11.5 Å². The largest absolute Gasteiger partial charge is 1.00 e. The number of ether oxygens (including phenoxy) is 4. The lowest BCUT2D eigenvalue weighted by molar-refractivity contribution is -0.562. The van der Waals surface area contributed by atoms with Gasteiger partial charge in [0.25, 0.3) is 11.8 Å². The van der Waals surface area contributed by atoms with Gasteiger partial charge >= 0.3 is 12.2 Å². The minimum atomic E-state index is -1.05. The number of fused-ring (bicyclic) bond motifs is 4. The van der Waals surface area contributed by atoms with Gasteiger partial charge in [-0.1, -0.05) is 131 Å². The van der Waals surface area contributed by atoms with Crippen LogP contribution < -0.4 is 56.4 Å². The molecule has 2 aliphatic heterocycles. The highest BCUT2D eigenvalue weighted by molar-refractivity contribution is 6.65. The maximum Gasteiger partial charge on any atom is 0.405 e. The Morgan fingerprint density at radius 2 is 1.18 bits per heavy atom. The van der Waals surface area contributed by atoms with Crippen LogP contribution in [0.2, 0.25) is 0 Å². The van der Waals surface area contributed by atoms with Crippen molar-refractivity contribution in [3.63, 3.8) is 0 Å². The van der Waals surface area contributed by atoms with Crippen LogP contribution in [0, 0.1) is 35.5 Å². The first kappa shape index (κ1) is 94.8. The Labute approximate surface area is 607 Å². The second-order valence-electron chi connectivity index (χ2n) is 25.5. The Morgan fingerprint density at radius 1 is 0.740 bits per heavy atom. The summed E-state index contributed by atoms with van der Waals surface area (Å²) in [5.41, 5.74) is 21.6. The Hall–Kier alpha value is -7.23. The van der Waals surface area contributed by atoms with E-state index >= 15 is 0 Å². The first-order valence-corrected chi connectivity index (χ1v) is 33.4. The molecule has 562 valence electrons. The molecule has 0 fully saturated rings. The number of carboxylic acid groups (broad SMARTS) is 1. The van der Waals surface area contributed by atoms with E-state index in [2.05, 4.69) is 29.5 Å². The first-order chi connectivity index (χ1) is 45.8. The van der Waals surface area contributed by atoms with E-state index in [4.69, 9.17) is 47.7 Å². The standard InChI is InChI=1S/C31H42N2O7.C30H43N3O7.C6H12ClNO.C6H13NO2.2ClH/c1-8-9-13-22-23-15-21(6)29(39-7)26(35)19(4)14-20(5)28(40-31(32)38)17(2)11-10-12-18(3)30(37)33-24(27(23)36)16-25(22)34;1-8-12-32-24-21-14-20(6)28(39-7)25(35)18(4)13-19(5)27(40-30(31)38)16(2)10-9-11-17(3)29(37)33-22(26(21)36)15-23(24)34;1-3-6(8,4-2)5(7)9;1-3-6(7,4-2)5(8)9;;/h8,10-12,14,16-17,19,21,26,28-29,35H,1,9,13,15H2,2-7H3,(H2,32,38)(H,33,37);8-11,13,15-16,18,20,25,27-28,32,34-36H,1,12,14H2,2-7H3,(H2,31,38)(H,33,37);3-4,8H2,1-2H3;3-4,7H2,1-2H3,(H,8,9);2*1H/b11-10-,18-12+,20-14+;10-9-,17-11+,19-13+;;;;/t17-,19-,21+,26+,28+,29-;16-,18-,20+,25+,27+,28-;;;;/m00..../s1. The summed E-state index contributed by atoms with van der Waals surface area (Å²) in [6, 6.07) is 1.31. The molecule has 0 radical (unpaired) electrons. The molecule has 100 heavy (non-hydrogen) atoms. The number of nitrogens with one attached hydrogen (secondary N) is 2. The summed E-state index contributed by atoms with van der Waals surface area (Å²) < 4.78 is 22.2. The molecule has 0 spiro atoms. The van der Waals surface area contributed by atoms with Crippen LogP contribution in [-0.2, 0) is 54.1 Å². The molecule has 1 aliphatic carbocycles. The number of hydrogen-bond acceptors (Lipinski definition) is 18. The van der Waals surface area contributed by atoms with Gasteiger partial charge in [0.1, 0.15) is 29.5 Å². The van der Waals surface area contributed by atoms with Gasteiger partial charge in [0.15, 0.2) is 17.2 Å². The van der Waals surface area contributed by atoms with Crippen molar-refractivity contribution in [1.29, 1.82) is 0 Å². The number of phenols is 2. The number of quaternary nitrogens is 2. The van der Waals surface area contributed by atoms with E-state index in [1.54, 1.807) is 95.5 Å². The summed E-state index contributed by atoms with van der Waals surface area (Å²) in [5.74, 6) is -5.27. The van der Waals surface area contributed by atoms with E-state index in [0.717, 1.165) is 0 Å². The summed E-state index contributed by atoms with van der Waals surface area (Å²) in [4.78, 5) is 96.7. The van der Waals surface area contributed by atoms with Crippen molar-refractivity contribution < 1.29 is 106 Å². The maximum absolute atomic E-state index is 13.6. The predicted octanol–water partition coefficient (Wildman–Crippen LogP) is 4.40. The number of nitrogens with two attached hydrogens (primary N) is 4. The number of allylic oxidation sites excluding steroid dienone is 8. The second-order valence-corrected chi connectivity index (χ2v) is 25.8. The predicted molar refractivity (Wildman–Crippen MR) is 384 cm³/mol. The number of hydrogen-bond donors (Lipinski definition) is 11. The third-order valence-corrected chi connectivity index (χ3v) is 18.4. The van der Waals surface area contributed by atoms with Gasteiger partial charge in [-0.15, -0.1) is 19.0 Å². The number of aliphatic hydroxyl groups is 2. The normalized spacial score (nSPS) is 27.0. The lowest BCUT2D eigenvalue weighted by atomic mass is 9.81. The number of halogens is 3. The topological polar surface area (TPSA) is 424 Å². The monoisotopic (exact) mass is 1460 g/mol. The van der Waals surface area contributed by atoms with Gasteiger partial charge in [0.05, 0.1) is 53.4 Å². The molecule has 0 saturated carbocycles. The smallest absolute Gasteiger partial charge is 0.405 e. The van der Waals surface area contributed by atoms with E-state index < -0.39 is 101 Å². The lowest BCUT2D eigenvalue weighted by Gasteiger charge is -2.32. The number of aromatic hydroxyl groups is 2. The summed E-state index contributed by atoms with van der Waals surface area (Å²) in [5, 5.41) is 61.6. The van der Waals surface area contributed by atoms with Gasteiger partial charge in [0.2, 0.25) is 11.0 Å². The number of carbonyl (C=O) groups excluding carboxylic acids is 8. The number of rotatable bonds is 16. The average Bonchev–Trinajstić information content (AvgIpc) is 0.800. The number of anilines is 1. The number of carbonyl (C=O) groups is 8. The van der Waals surface area contributed by atoms with Gasteiger partial charge in [-0.25, -0.2) is 9.59 Å². The Balaban J connectivity index is 0. The fourth-order valence-corrected chi connectivity index (χ4v) is 11.5. The van der Waals surface area contributed by atoms with Crippen LogP contribution >= 0.6 is 24.0 Å². The third kappa shape index (κ3) is 28.3. The van der Waals surface area contributed by atoms with Crippen molar-refractivity contribution in [2.75, 3.05) is 26.1 Å². The highest BCUT2D eigenvalue weighted by atomic mass is 35.5. The molecule has 27 heteroatoms. The van der Waals surface area contributed by atoms with Crippen LogP contribution in [0.4, 0.5) is 21.0 Å². The number of aliphatic carboxylic acids is 1. The SMILES string of the molecule is C=CCCC1=C2C[C@@H](C)[C@H](OC)[C@H](O)[C@@H](C)/C=C(\C)[C@H](OC(N)=O)[C@@H](C)/C=C\C=C(/C)C(=O)NC(=CC1=O)C2=O.C=CC[NH2+]c1c(O)cc2c(O)c1C[C@@H](C)[C@H](OC)[C@H](O)[C@@H](C)/C=C(\C)[C@H](OC(N)=O)[C@@H](C)/C=C\C=C(/C)C(=O)N2.CCC(N)(CC)C(=O)Cl.CCC([NH3+])(CC)C(=O)[O-].Cl.[Cl-]. The van der Waals surface area contributed by atoms with E-state index in [-0.39, 0.29) is 95.6 Å². The quantitative estimate of drug-likeness (QED) is 0.0273. The number of benzene rings is 1. The number of phenolic OH excluding ortho intramolecular Hbond substituents is 2. The summed E-state index contributed by atoms with van der Waals surface area (Å²) in [7, 11) is 2.98. The van der Waals surface area contributed by atoms with Crippen molar-refractivity contribution in [3.05, 3.63) is 131 Å². The van der Waals surface area contributed by atoms with Gasteiger partial charge in [0, 0.05) is 85.2 Å². The van der Waals surface area contributed by atoms with E-state index in [1.807, 2.05) is 67.5 Å². The van der Waals surface area contributed by atoms with E-state index in [9.17, 15) is 63.9 Å². The molecule has 2 heterocycles. The number of aliphatic hydroxyl groups excluding tert-OH is 2. The number of Topliss-reactive ketones (excluding diaryl/α,β-unsaturated/α-hetero) is 1. The maximum atomic E-state index is 13.6. The summed E-state index contributed by atoms with van der Waals surface area (Å²) in [6.45, 7) is 33.0. The second kappa shape index (κ2) is 45.6. The zero-order valence-corrected chi connectivity index (χ0v) is 63.2. The first-order valence-electron chi connectivity index (χ1n) is 33.0. The van der Waals surface area contributed by atoms with Crippen LogP contribution in [0.25, 0.3) is 0 Å². The molecule has 1 aromatic rings. The highest BCUT2D eigenvalue weighted by Gasteiger charge is 2.37. The molecule has 1 aromatic carbocycles. The van der Waals surface area contributed by atoms with Crippen LogP contribution in [0.15, 0.2) is 125 Å². The van der Waals surface area contributed by atoms with Crippen LogP contribution in [0.1, 0.15) is 147 Å². The average molecular weight is 1470 g/mol. The van der Waals surface area contributed by atoms with Crippen LogP contribution in [0.3, 0.4) is 0 Å². The van der Waals surface area contributed by atoms with Crippen molar-refractivity contribution in [1.82, 2.24) is 5.32 Å². The van der Waals surface area contributed by atoms with Crippen molar-refractivity contribution in [2.45, 2.75) is 196 Å². The Morgan fingerprint density at radius 3 is 1.54 bits per heavy atom. The van der Waals surface area contributed by atoms with E-state index in [0.29, 0.717) is 84.2 Å². The number of ketones is 2. The van der Waals surface area contributed by atoms with Gasteiger partial charge < -0.3 is 101 Å². The fourth-order valence-electron chi connectivity index (χ4n) is 11.2. The zero-order chi connectivity index (χ0) is 75.3. The minimum Gasteiger partial charge on any atom is -1.00 e. The molecule has 24 nitrogen and oxygen atoms in total. The van der Waals surface area contributed by atoms with Crippen molar-refractivity contribution in [3.8, 4) is 11.5 Å². The molecule has 4 rings (SSSR count). The highest BCUT2D eigenvalue weighted by Crippen LogP contribution is 2.41. The Kier molecular flexibility index (Phi) is 43.2. The summed E-state index contributed by atoms with van der Waals surface area (Å²) in [6.07, 6.45) is 15.1. The molecule has 17 N–H and O–H groups in total. The molecular weight excluding hydrogens is 1350 g/mol. The molecule has 0 aromatic heterocycles. The van der Waals surface area contributed by atoms with Gasteiger partial charge in [-0.2, -0.15) is 0 Å². The number of primary amides is 2. The van der Waals surface area contributed by atoms with Crippen LogP contribution in [-0.4, -0.2) is 136 Å². The van der Waals surface area contributed by atoms with Crippen molar-refractivity contribution >= 4 is 82.2 Å². The number of carboxylic acids is 1. The third-order valence-electron chi connectivity index (χ3n) is 18.0. The molecule has 3 aliphatic rings.